The van der Waals surface area contributed by atoms with Gasteiger partial charge in [0.1, 0.15) is 22.9 Å². The molecular weight excluding hydrogens is 473 g/mol. The normalized spacial score (nSPS) is 11.9. The highest BCUT2D eigenvalue weighted by molar-refractivity contribution is 7.89. The minimum absolute atomic E-state index is 0.0916. The highest BCUT2D eigenvalue weighted by Gasteiger charge is 2.29. The highest BCUT2D eigenvalue weighted by Crippen LogP contribution is 2.40. The maximum atomic E-state index is 14.6. The number of carbonyl (C=O) groups excluding carboxylic acids is 1. The van der Waals surface area contributed by atoms with Crippen LogP contribution in [0.15, 0.2) is 70.0 Å². The van der Waals surface area contributed by atoms with Crippen molar-refractivity contribution in [3.63, 3.8) is 0 Å². The third kappa shape index (κ3) is 4.01. The van der Waals surface area contributed by atoms with E-state index >= 15 is 0 Å². The minimum atomic E-state index is -3.95. The summed E-state index contributed by atoms with van der Waals surface area (Å²) >= 11 is 0. The Balaban J connectivity index is 1.96. The fraction of sp³-hybridized carbons (Fsp3) is 0.120. The molecule has 0 bridgehead atoms. The van der Waals surface area contributed by atoms with Crippen LogP contribution in [0.4, 0.5) is 4.39 Å². The third-order valence-corrected chi connectivity index (χ3v) is 6.26. The first kappa shape index (κ1) is 22.6. The Bertz CT molecular complexity index is 1800. The minimum Gasteiger partial charge on any atom is -0.461 e. The first-order valence-corrected chi connectivity index (χ1v) is 12.5. The molecule has 3 aromatic heterocycles. The van der Waals surface area contributed by atoms with Crippen LogP contribution in [-0.2, 0) is 16.6 Å². The largest absolute Gasteiger partial charge is 0.461 e. The van der Waals surface area contributed by atoms with Gasteiger partial charge in [0.15, 0.2) is 0 Å². The van der Waals surface area contributed by atoms with Crippen LogP contribution in [0.25, 0.3) is 33.0 Å². The van der Waals surface area contributed by atoms with Crippen LogP contribution in [0.2, 0.25) is 0 Å². The first-order valence-electron chi connectivity index (χ1n) is 10.6. The molecule has 1 amide bonds. The Kier molecular flexibility index (Phi) is 5.32. The molecule has 5 rings (SSSR count). The number of aromatic amines is 1. The van der Waals surface area contributed by atoms with Crippen molar-refractivity contribution in [1.82, 2.24) is 14.3 Å². The fourth-order valence-electron chi connectivity index (χ4n) is 4.36. The lowest BCUT2D eigenvalue weighted by molar-refractivity contribution is 0.0974. The average Bonchev–Trinajstić information content (AvgIpc) is 3.31. The van der Waals surface area contributed by atoms with Crippen LogP contribution in [0.1, 0.15) is 21.8 Å². The summed E-state index contributed by atoms with van der Waals surface area (Å²) in [5, 5.41) is 1.18. The third-order valence-electron chi connectivity index (χ3n) is 5.70. The maximum Gasteiger partial charge on any atom is 0.282 e. The standard InChI is InChI=1S/C25H20FN3O5S/c1-14-12-15-9-10-19-21(23(15)34-14)20(17-7-5-11-27-24(17)30)22(25(31)28-35(2,32)33)29(19)13-16-6-3-4-8-18(16)26/h3-12H,13H2,1-2H3,(H,27,30)(H,28,31). The number of H-pyrrole nitrogens is 1. The SMILES string of the molecule is Cc1cc2ccc3c(c(-c4ccc[nH]c4=O)c(C(=O)NS(C)(=O)=O)n3Cc3ccccc3F)c2o1. The Morgan fingerprint density at radius 3 is 2.63 bits per heavy atom. The van der Waals surface area contributed by atoms with Gasteiger partial charge in [-0.3, -0.25) is 9.59 Å². The molecule has 10 heteroatoms. The summed E-state index contributed by atoms with van der Waals surface area (Å²) < 4.78 is 48.1. The molecule has 0 fully saturated rings. The van der Waals surface area contributed by atoms with Crippen molar-refractivity contribution in [2.75, 3.05) is 6.26 Å². The fourth-order valence-corrected chi connectivity index (χ4v) is 4.79. The molecule has 0 atom stereocenters. The molecule has 0 radical (unpaired) electrons. The van der Waals surface area contributed by atoms with E-state index in [9.17, 15) is 22.4 Å². The molecule has 3 heterocycles. The molecule has 8 nitrogen and oxygen atoms in total. The predicted octanol–water partition coefficient (Wildman–Crippen LogP) is 3.93. The molecule has 0 aliphatic heterocycles. The zero-order chi connectivity index (χ0) is 24.9. The van der Waals surface area contributed by atoms with Gasteiger partial charge in [-0.25, -0.2) is 17.5 Å². The average molecular weight is 494 g/mol. The molecule has 0 saturated heterocycles. The summed E-state index contributed by atoms with van der Waals surface area (Å²) in [7, 11) is -3.95. The van der Waals surface area contributed by atoms with Gasteiger partial charge in [0.05, 0.1) is 29.3 Å². The number of furan rings is 1. The van der Waals surface area contributed by atoms with Crippen LogP contribution in [0.3, 0.4) is 0 Å². The second-order valence-electron chi connectivity index (χ2n) is 8.25. The van der Waals surface area contributed by atoms with Gasteiger partial charge in [-0.05, 0) is 43.3 Å². The van der Waals surface area contributed by atoms with Crippen LogP contribution in [-0.4, -0.2) is 30.1 Å². The monoisotopic (exact) mass is 493 g/mol. The number of aryl methyl sites for hydroxylation is 1. The summed E-state index contributed by atoms with van der Waals surface area (Å²) in [4.78, 5) is 28.9. The number of nitrogens with one attached hydrogen (secondary N) is 2. The number of hydrogen-bond donors (Lipinski definition) is 2. The topological polar surface area (TPSA) is 114 Å². The van der Waals surface area contributed by atoms with Gasteiger partial charge in [0, 0.05) is 22.7 Å². The van der Waals surface area contributed by atoms with Crippen molar-refractivity contribution in [1.29, 1.82) is 0 Å². The molecule has 5 aromatic rings. The smallest absolute Gasteiger partial charge is 0.282 e. The number of fused-ring (bicyclic) bond motifs is 3. The number of carbonyl (C=O) groups is 1. The number of aromatic nitrogens is 2. The zero-order valence-corrected chi connectivity index (χ0v) is 19.6. The molecular formula is C25H20FN3O5S. The quantitative estimate of drug-likeness (QED) is 0.385. The Hall–Kier alpha value is -4.18. The second-order valence-corrected chi connectivity index (χ2v) is 10.0. The van der Waals surface area contributed by atoms with Crippen molar-refractivity contribution in [2.45, 2.75) is 13.5 Å². The van der Waals surface area contributed by atoms with Gasteiger partial charge in [-0.2, -0.15) is 0 Å². The molecule has 0 saturated carbocycles. The molecule has 35 heavy (non-hydrogen) atoms. The number of nitrogens with zero attached hydrogens (tertiary/aromatic N) is 1. The van der Waals surface area contributed by atoms with Crippen LogP contribution >= 0.6 is 0 Å². The number of benzene rings is 2. The van der Waals surface area contributed by atoms with E-state index in [-0.39, 0.29) is 28.9 Å². The predicted molar refractivity (Wildman–Crippen MR) is 130 cm³/mol. The maximum absolute atomic E-state index is 14.6. The van der Waals surface area contributed by atoms with Gasteiger partial charge >= 0.3 is 0 Å². The highest BCUT2D eigenvalue weighted by atomic mass is 32.2. The Morgan fingerprint density at radius 2 is 1.91 bits per heavy atom. The van der Waals surface area contributed by atoms with E-state index in [4.69, 9.17) is 4.42 Å². The van der Waals surface area contributed by atoms with Gasteiger partial charge in [0.25, 0.3) is 11.5 Å². The number of halogens is 1. The van der Waals surface area contributed by atoms with Gasteiger partial charge < -0.3 is 14.0 Å². The number of sulfonamides is 1. The second kappa shape index (κ2) is 8.24. The lowest BCUT2D eigenvalue weighted by Gasteiger charge is -2.13. The van der Waals surface area contributed by atoms with Crippen molar-refractivity contribution in [3.8, 4) is 11.1 Å². The zero-order valence-electron chi connectivity index (χ0n) is 18.8. The van der Waals surface area contributed by atoms with Gasteiger partial charge in [-0.1, -0.05) is 18.2 Å². The number of amides is 1. The van der Waals surface area contributed by atoms with Crippen LogP contribution in [0.5, 0.6) is 0 Å². The number of hydrogen-bond acceptors (Lipinski definition) is 5. The van der Waals surface area contributed by atoms with Crippen LogP contribution in [0, 0.1) is 12.7 Å². The molecule has 2 N–H and O–H groups in total. The molecule has 0 aliphatic carbocycles. The van der Waals surface area contributed by atoms with Gasteiger partial charge in [0.2, 0.25) is 10.0 Å². The van der Waals surface area contributed by atoms with E-state index in [2.05, 4.69) is 4.98 Å². The summed E-state index contributed by atoms with van der Waals surface area (Å²) in [5.74, 6) is -0.822. The van der Waals surface area contributed by atoms with E-state index in [1.54, 1.807) is 43.3 Å². The van der Waals surface area contributed by atoms with Crippen molar-refractivity contribution in [2.24, 2.45) is 0 Å². The van der Waals surface area contributed by atoms with Crippen molar-refractivity contribution in [3.05, 3.63) is 94.0 Å². The van der Waals surface area contributed by atoms with Crippen molar-refractivity contribution >= 4 is 37.8 Å². The lowest BCUT2D eigenvalue weighted by Crippen LogP contribution is -2.32. The molecule has 178 valence electrons. The summed E-state index contributed by atoms with van der Waals surface area (Å²) in [6.07, 6.45) is 2.31. The van der Waals surface area contributed by atoms with E-state index in [0.717, 1.165) is 11.6 Å². The lowest BCUT2D eigenvalue weighted by atomic mass is 10.0. The van der Waals surface area contributed by atoms with Gasteiger partial charge in [-0.15, -0.1) is 0 Å². The Labute approximate surface area is 199 Å². The van der Waals surface area contributed by atoms with Crippen molar-refractivity contribution < 1.29 is 22.0 Å². The number of rotatable bonds is 5. The van der Waals surface area contributed by atoms with E-state index in [1.807, 2.05) is 10.8 Å². The molecule has 0 spiro atoms. The van der Waals surface area contributed by atoms with E-state index in [1.165, 1.54) is 22.9 Å². The first-order chi connectivity index (χ1) is 16.6. The number of pyridine rings is 1. The summed E-state index contributed by atoms with van der Waals surface area (Å²) in [6.45, 7) is 1.68. The van der Waals surface area contributed by atoms with E-state index in [0.29, 0.717) is 22.2 Å². The molecule has 2 aromatic carbocycles. The Morgan fingerprint density at radius 1 is 1.14 bits per heavy atom. The summed E-state index contributed by atoms with van der Waals surface area (Å²) in [5.41, 5.74) is 0.940. The van der Waals surface area contributed by atoms with Crippen LogP contribution < -0.4 is 10.3 Å². The molecule has 0 aliphatic rings. The van der Waals surface area contributed by atoms with E-state index < -0.39 is 27.3 Å². The molecule has 0 unspecified atom stereocenters. The summed E-state index contributed by atoms with van der Waals surface area (Å²) in [6, 6.07) is 14.6.